The van der Waals surface area contributed by atoms with E-state index < -0.39 is 67.4 Å². The summed E-state index contributed by atoms with van der Waals surface area (Å²) >= 11 is 0. The predicted octanol–water partition coefficient (Wildman–Crippen LogP) is 16.1. The molecule has 0 saturated carbocycles. The highest BCUT2D eigenvalue weighted by molar-refractivity contribution is 5.80. The molecule has 11 heteroatoms. The highest BCUT2D eigenvalue weighted by Crippen LogP contribution is 2.26. The lowest BCUT2D eigenvalue weighted by Gasteiger charge is -2.41. The highest BCUT2D eigenvalue weighted by Gasteiger charge is 2.47. The van der Waals surface area contributed by atoms with Gasteiger partial charge in [0.15, 0.2) is 12.4 Å². The van der Waals surface area contributed by atoms with E-state index >= 15 is 0 Å². The smallest absolute Gasteiger partial charge is 0.306 e. The van der Waals surface area contributed by atoms with Crippen LogP contribution in [0.15, 0.2) is 24.3 Å². The van der Waals surface area contributed by atoms with E-state index in [0.29, 0.717) is 19.3 Å². The summed E-state index contributed by atoms with van der Waals surface area (Å²) in [6.45, 7) is 5.83. The number of hydrogen-bond donors (Lipinski definition) is 6. The molecule has 1 saturated heterocycles. The van der Waals surface area contributed by atoms with Crippen molar-refractivity contribution < 1.29 is 49.3 Å². The minimum absolute atomic E-state index is 0.123. The molecular weight excluding hydrogens is 967 g/mol. The molecule has 1 aliphatic rings. The van der Waals surface area contributed by atoms with Crippen LogP contribution in [0.2, 0.25) is 0 Å². The van der Waals surface area contributed by atoms with Crippen molar-refractivity contribution in [1.82, 2.24) is 5.32 Å². The van der Waals surface area contributed by atoms with Gasteiger partial charge in [-0.3, -0.25) is 9.59 Å². The third kappa shape index (κ3) is 42.6. The lowest BCUT2D eigenvalue weighted by molar-refractivity contribution is -0.305. The Labute approximate surface area is 473 Å². The molecule has 0 aliphatic carbocycles. The van der Waals surface area contributed by atoms with Crippen molar-refractivity contribution in [2.24, 2.45) is 0 Å². The van der Waals surface area contributed by atoms with Crippen LogP contribution in [-0.2, 0) is 23.8 Å². The van der Waals surface area contributed by atoms with Gasteiger partial charge in [-0.15, -0.1) is 0 Å². The number of allylic oxidation sites excluding steroid dienone is 3. The van der Waals surface area contributed by atoms with E-state index in [2.05, 4.69) is 38.2 Å². The maximum absolute atomic E-state index is 13.4. The summed E-state index contributed by atoms with van der Waals surface area (Å²) in [6.07, 6.45) is 53.5. The molecule has 1 fully saturated rings. The zero-order chi connectivity index (χ0) is 56.1. The number of carbonyl (C=O) groups is 2. The van der Waals surface area contributed by atoms with Crippen LogP contribution in [-0.4, -0.2) is 99.6 Å². The maximum Gasteiger partial charge on any atom is 0.306 e. The van der Waals surface area contributed by atoms with Gasteiger partial charge in [0.2, 0.25) is 5.91 Å². The molecule has 11 nitrogen and oxygen atoms in total. The maximum atomic E-state index is 13.4. The first-order valence-electron chi connectivity index (χ1n) is 33.1. The number of aliphatic hydroxyl groups excluding tert-OH is 5. The second-order valence-electron chi connectivity index (χ2n) is 23.2. The summed E-state index contributed by atoms with van der Waals surface area (Å²) in [5.41, 5.74) is 0. The number of esters is 1. The third-order valence-electron chi connectivity index (χ3n) is 15.9. The predicted molar refractivity (Wildman–Crippen MR) is 320 cm³/mol. The Bertz CT molecular complexity index is 1350. The van der Waals surface area contributed by atoms with Crippen LogP contribution in [0.5, 0.6) is 0 Å². The molecular formula is C66H125NO10. The van der Waals surface area contributed by atoms with E-state index in [4.69, 9.17) is 14.2 Å². The highest BCUT2D eigenvalue weighted by atomic mass is 16.7. The van der Waals surface area contributed by atoms with Crippen LogP contribution in [0, 0.1) is 0 Å². The second-order valence-corrected chi connectivity index (χ2v) is 23.2. The molecule has 454 valence electrons. The molecule has 77 heavy (non-hydrogen) atoms. The summed E-state index contributed by atoms with van der Waals surface area (Å²) in [5.74, 6) is -1.18. The standard InChI is InChI=1S/C66H125NO10/c1-4-7-10-13-16-19-22-25-27-29-31-32-35-38-41-44-47-50-53-59(70)65(74)67-57(58(69)52-49-46-43-40-37-34-24-21-18-15-12-9-6-3)56-75-66-64(63(73)62(72)60(55-68)76-66)77-61(71)54-51-48-45-42-39-36-33-30-28-26-23-20-17-14-11-8-5-2/h26,28,49,52,57-60,62-64,66,68-70,72-73H,4-25,27,29-48,50-51,53-56H2,1-3H3,(H,67,74)/b28-26+,52-49+. The number of carbonyl (C=O) groups excluding carboxylic acids is 2. The van der Waals surface area contributed by atoms with Crippen molar-refractivity contribution in [2.45, 2.75) is 372 Å². The summed E-state index contributed by atoms with van der Waals surface area (Å²) in [5, 5.41) is 57.1. The summed E-state index contributed by atoms with van der Waals surface area (Å²) in [6, 6.07) is -1.02. The fourth-order valence-electron chi connectivity index (χ4n) is 10.6. The van der Waals surface area contributed by atoms with E-state index in [1.165, 1.54) is 205 Å². The van der Waals surface area contributed by atoms with E-state index in [1.807, 2.05) is 6.08 Å². The minimum Gasteiger partial charge on any atom is -0.454 e. The molecule has 1 rings (SSSR count). The number of aliphatic hydroxyl groups is 5. The Morgan fingerprint density at radius 1 is 0.494 bits per heavy atom. The van der Waals surface area contributed by atoms with Crippen molar-refractivity contribution in [2.75, 3.05) is 13.2 Å². The molecule has 0 radical (unpaired) electrons. The molecule has 1 amide bonds. The minimum atomic E-state index is -1.61. The van der Waals surface area contributed by atoms with Gasteiger partial charge in [-0.05, 0) is 51.4 Å². The van der Waals surface area contributed by atoms with E-state index in [9.17, 15) is 35.1 Å². The Morgan fingerprint density at radius 3 is 1.26 bits per heavy atom. The van der Waals surface area contributed by atoms with Crippen LogP contribution < -0.4 is 5.32 Å². The van der Waals surface area contributed by atoms with Gasteiger partial charge in [0, 0.05) is 6.42 Å². The zero-order valence-corrected chi connectivity index (χ0v) is 50.4. The molecule has 1 aliphatic heterocycles. The average molecular weight is 1090 g/mol. The first-order valence-corrected chi connectivity index (χ1v) is 33.1. The number of hydrogen-bond acceptors (Lipinski definition) is 10. The number of unbranched alkanes of at least 4 members (excludes halogenated alkanes) is 41. The SMILES string of the molecule is CCCCCCCC/C=C/CCCCCCCCCC(=O)OC1C(OCC(NC(=O)C(O)CCCCCCCCCCCCCCCCCCCC)C(O)/C=C/CCCCCCCCCCCCC)OC(CO)C(O)C1O. The van der Waals surface area contributed by atoms with E-state index in [1.54, 1.807) is 6.08 Å². The number of rotatable bonds is 57. The van der Waals surface area contributed by atoms with Crippen LogP contribution in [0.1, 0.15) is 323 Å². The largest absolute Gasteiger partial charge is 0.454 e. The Morgan fingerprint density at radius 2 is 0.857 bits per heavy atom. The first kappa shape index (κ1) is 73.2. The van der Waals surface area contributed by atoms with Crippen molar-refractivity contribution in [3.8, 4) is 0 Å². The van der Waals surface area contributed by atoms with Gasteiger partial charge < -0.3 is 45.1 Å². The molecule has 0 spiro atoms. The summed E-state index contributed by atoms with van der Waals surface area (Å²) < 4.78 is 17.7. The number of nitrogens with one attached hydrogen (secondary N) is 1. The molecule has 8 atom stereocenters. The van der Waals surface area contributed by atoms with E-state index in [0.717, 1.165) is 70.6 Å². The van der Waals surface area contributed by atoms with Crippen LogP contribution >= 0.6 is 0 Å². The second kappa shape index (κ2) is 54.7. The monoisotopic (exact) mass is 1090 g/mol. The molecule has 6 N–H and O–H groups in total. The fraction of sp³-hybridized carbons (Fsp3) is 0.909. The molecule has 0 aromatic heterocycles. The van der Waals surface area contributed by atoms with Gasteiger partial charge in [0.25, 0.3) is 0 Å². The number of amides is 1. The van der Waals surface area contributed by atoms with E-state index in [-0.39, 0.29) is 13.0 Å². The Balaban J connectivity index is 2.65. The topological polar surface area (TPSA) is 175 Å². The fourth-order valence-corrected chi connectivity index (χ4v) is 10.6. The van der Waals surface area contributed by atoms with Gasteiger partial charge in [0.1, 0.15) is 24.4 Å². The molecule has 0 bridgehead atoms. The van der Waals surface area contributed by atoms with Crippen LogP contribution in [0.3, 0.4) is 0 Å². The first-order chi connectivity index (χ1) is 37.7. The quantitative estimate of drug-likeness (QED) is 0.0195. The van der Waals surface area contributed by atoms with Gasteiger partial charge in [-0.25, -0.2) is 0 Å². The van der Waals surface area contributed by atoms with Crippen molar-refractivity contribution >= 4 is 11.9 Å². The molecule has 1 heterocycles. The zero-order valence-electron chi connectivity index (χ0n) is 50.4. The van der Waals surface area contributed by atoms with Crippen LogP contribution in [0.4, 0.5) is 0 Å². The third-order valence-corrected chi connectivity index (χ3v) is 15.9. The van der Waals surface area contributed by atoms with Gasteiger partial charge >= 0.3 is 5.97 Å². The van der Waals surface area contributed by atoms with Crippen molar-refractivity contribution in [3.63, 3.8) is 0 Å². The summed E-state index contributed by atoms with van der Waals surface area (Å²) in [7, 11) is 0. The number of ether oxygens (including phenoxy) is 3. The molecule has 0 aromatic carbocycles. The molecule has 0 aromatic rings. The van der Waals surface area contributed by atoms with Gasteiger partial charge in [-0.1, -0.05) is 289 Å². The van der Waals surface area contributed by atoms with Crippen LogP contribution in [0.25, 0.3) is 0 Å². The average Bonchev–Trinajstić information content (AvgIpc) is 3.43. The Kier molecular flexibility index (Phi) is 52.0. The van der Waals surface area contributed by atoms with Gasteiger partial charge in [-0.2, -0.15) is 0 Å². The van der Waals surface area contributed by atoms with Crippen molar-refractivity contribution in [1.29, 1.82) is 0 Å². The summed E-state index contributed by atoms with van der Waals surface area (Å²) in [4.78, 5) is 26.6. The Hall–Kier alpha value is -1.86. The molecule has 8 unspecified atom stereocenters. The van der Waals surface area contributed by atoms with Gasteiger partial charge in [0.05, 0.1) is 25.4 Å². The van der Waals surface area contributed by atoms with Crippen molar-refractivity contribution in [3.05, 3.63) is 24.3 Å². The normalized spacial score (nSPS) is 19.1. The lowest BCUT2D eigenvalue weighted by atomic mass is 9.99. The lowest BCUT2D eigenvalue weighted by Crippen LogP contribution is -2.61.